The molecule has 160 valence electrons. The zero-order valence-corrected chi connectivity index (χ0v) is 18.2. The number of aromatic nitrogens is 1. The van der Waals surface area contributed by atoms with Crippen LogP contribution in [-0.2, 0) is 9.53 Å². The smallest absolute Gasteiger partial charge is 0.309 e. The maximum Gasteiger partial charge on any atom is 0.309 e. The van der Waals surface area contributed by atoms with Gasteiger partial charge in [0.25, 0.3) is 5.56 Å². The van der Waals surface area contributed by atoms with Crippen LogP contribution < -0.4 is 5.56 Å². The molecule has 0 spiro atoms. The topological polar surface area (TPSA) is 68.5 Å². The molecular formula is C25H24ClNO4. The predicted octanol–water partition coefficient (Wildman–Crippen LogP) is 4.85. The van der Waals surface area contributed by atoms with Crippen molar-refractivity contribution in [2.24, 2.45) is 0 Å². The van der Waals surface area contributed by atoms with Crippen molar-refractivity contribution in [3.05, 3.63) is 81.2 Å². The fourth-order valence-electron chi connectivity index (χ4n) is 4.14. The number of benzene rings is 2. The number of carbonyl (C=O) groups is 1. The lowest BCUT2D eigenvalue weighted by molar-refractivity contribution is -0.156. The number of halogens is 1. The van der Waals surface area contributed by atoms with Gasteiger partial charge in [-0.15, -0.1) is 0 Å². The van der Waals surface area contributed by atoms with Crippen LogP contribution in [0.1, 0.15) is 43.9 Å². The van der Waals surface area contributed by atoms with Crippen LogP contribution in [0.5, 0.6) is 0 Å². The summed E-state index contributed by atoms with van der Waals surface area (Å²) in [5.74, 6) is -0.297. The number of aliphatic hydroxyl groups is 1. The second kappa shape index (κ2) is 8.69. The Balaban J connectivity index is 1.97. The molecule has 2 aromatic carbocycles. The van der Waals surface area contributed by atoms with Crippen molar-refractivity contribution in [2.45, 2.75) is 44.8 Å². The Bertz CT molecular complexity index is 1210. The third-order valence-electron chi connectivity index (χ3n) is 5.49. The fraction of sp³-hybridized carbons (Fsp3) is 0.280. The van der Waals surface area contributed by atoms with Crippen molar-refractivity contribution in [3.63, 3.8) is 0 Å². The quantitative estimate of drug-likeness (QED) is 0.592. The van der Waals surface area contributed by atoms with Gasteiger partial charge in [0.2, 0.25) is 0 Å². The molecule has 1 aliphatic heterocycles. The third kappa shape index (κ3) is 4.29. The number of nitrogens with zero attached hydrogens (tertiary/aromatic N) is 1. The Hall–Kier alpha value is -2.89. The van der Waals surface area contributed by atoms with Crippen LogP contribution in [-0.4, -0.2) is 27.9 Å². The first-order valence-corrected chi connectivity index (χ1v) is 10.7. The molecule has 5 nitrogen and oxygen atoms in total. The number of hydrogen-bond acceptors (Lipinski definition) is 4. The lowest BCUT2D eigenvalue weighted by Gasteiger charge is -2.24. The van der Waals surface area contributed by atoms with Crippen LogP contribution in [0.15, 0.2) is 59.4 Å². The van der Waals surface area contributed by atoms with E-state index in [2.05, 4.69) is 13.8 Å². The summed E-state index contributed by atoms with van der Waals surface area (Å²) < 4.78 is 7.04. The monoisotopic (exact) mass is 437 g/mol. The Morgan fingerprint density at radius 2 is 1.77 bits per heavy atom. The van der Waals surface area contributed by atoms with E-state index in [9.17, 15) is 14.7 Å². The summed E-state index contributed by atoms with van der Waals surface area (Å²) >= 11 is 6.07. The molecule has 1 N–H and O–H groups in total. The summed E-state index contributed by atoms with van der Waals surface area (Å²) in [6, 6.07) is 14.7. The molecule has 6 heteroatoms. The molecule has 1 fully saturated rings. The molecule has 2 heterocycles. The maximum atomic E-state index is 13.5. The summed E-state index contributed by atoms with van der Waals surface area (Å²) in [6.45, 7) is 4.17. The first kappa shape index (κ1) is 21.3. The van der Waals surface area contributed by atoms with Gasteiger partial charge in [-0.25, -0.2) is 0 Å². The van der Waals surface area contributed by atoms with E-state index in [0.717, 1.165) is 16.6 Å². The van der Waals surface area contributed by atoms with E-state index in [0.29, 0.717) is 22.5 Å². The summed E-state index contributed by atoms with van der Waals surface area (Å²) in [6.07, 6.45) is 2.65. The van der Waals surface area contributed by atoms with Gasteiger partial charge in [0.15, 0.2) is 0 Å². The van der Waals surface area contributed by atoms with Crippen molar-refractivity contribution in [2.75, 3.05) is 0 Å². The highest BCUT2D eigenvalue weighted by Crippen LogP contribution is 2.30. The molecule has 0 aliphatic carbocycles. The molecule has 2 atom stereocenters. The molecule has 0 saturated carbocycles. The molecule has 0 radical (unpaired) electrons. The first-order valence-electron chi connectivity index (χ1n) is 10.3. The minimum atomic E-state index is -0.726. The Morgan fingerprint density at radius 1 is 1.10 bits per heavy atom. The van der Waals surface area contributed by atoms with E-state index in [-0.39, 0.29) is 17.9 Å². The summed E-state index contributed by atoms with van der Waals surface area (Å²) in [7, 11) is 0. The highest BCUT2D eigenvalue weighted by molar-refractivity contribution is 6.30. The van der Waals surface area contributed by atoms with Gasteiger partial charge in [0, 0.05) is 22.5 Å². The molecule has 0 bridgehead atoms. The molecule has 4 rings (SSSR count). The molecule has 3 aromatic rings. The zero-order valence-electron chi connectivity index (χ0n) is 17.4. The molecule has 0 amide bonds. The van der Waals surface area contributed by atoms with Gasteiger partial charge in [0.1, 0.15) is 6.10 Å². The Kier molecular flexibility index (Phi) is 5.99. The SMILES string of the molecule is CC(C)c1c(C=C[C@@H]2C[C@@H](O)CC(=O)O2)n(-c2ccc(Cl)cc2)c(=O)c2ccccc12. The van der Waals surface area contributed by atoms with E-state index in [1.807, 2.05) is 42.5 Å². The molecule has 1 saturated heterocycles. The van der Waals surface area contributed by atoms with Gasteiger partial charge in [-0.2, -0.15) is 0 Å². The summed E-state index contributed by atoms with van der Waals surface area (Å²) in [5, 5.41) is 12.0. The predicted molar refractivity (Wildman–Crippen MR) is 123 cm³/mol. The highest BCUT2D eigenvalue weighted by Gasteiger charge is 2.26. The average Bonchev–Trinajstić information content (AvgIpc) is 2.72. The van der Waals surface area contributed by atoms with Crippen LogP contribution in [0.3, 0.4) is 0 Å². The average molecular weight is 438 g/mol. The molecule has 0 unspecified atom stereocenters. The van der Waals surface area contributed by atoms with Gasteiger partial charge >= 0.3 is 5.97 Å². The highest BCUT2D eigenvalue weighted by atomic mass is 35.5. The normalized spacial score (nSPS) is 19.3. The lowest BCUT2D eigenvalue weighted by atomic mass is 9.93. The number of pyridine rings is 1. The van der Waals surface area contributed by atoms with Crippen LogP contribution in [0.4, 0.5) is 0 Å². The van der Waals surface area contributed by atoms with E-state index in [1.54, 1.807) is 22.8 Å². The standard InChI is InChI=1S/C25H24ClNO4/c1-15(2)24-20-5-3-4-6-21(20)25(30)27(17-9-7-16(26)8-10-17)22(24)12-11-19-13-18(28)14-23(29)31-19/h3-12,15,18-19,28H,13-14H2,1-2H3/t18-,19-/m1/s1. The van der Waals surface area contributed by atoms with Crippen LogP contribution in [0.2, 0.25) is 5.02 Å². The second-order valence-electron chi connectivity index (χ2n) is 8.10. The van der Waals surface area contributed by atoms with Gasteiger partial charge in [-0.05, 0) is 59.4 Å². The minimum Gasteiger partial charge on any atom is -0.458 e. The van der Waals surface area contributed by atoms with Crippen molar-refractivity contribution in [1.82, 2.24) is 4.57 Å². The number of fused-ring (bicyclic) bond motifs is 1. The van der Waals surface area contributed by atoms with Crippen molar-refractivity contribution < 1.29 is 14.6 Å². The first-order chi connectivity index (χ1) is 14.8. The molecule has 1 aliphatic rings. The maximum absolute atomic E-state index is 13.5. The number of esters is 1. The van der Waals surface area contributed by atoms with Crippen LogP contribution >= 0.6 is 11.6 Å². The Labute approximate surface area is 185 Å². The largest absolute Gasteiger partial charge is 0.458 e. The summed E-state index contributed by atoms with van der Waals surface area (Å²) in [4.78, 5) is 25.3. The van der Waals surface area contributed by atoms with E-state index >= 15 is 0 Å². The number of ether oxygens (including phenoxy) is 1. The van der Waals surface area contributed by atoms with E-state index < -0.39 is 18.2 Å². The van der Waals surface area contributed by atoms with Crippen LogP contribution in [0, 0.1) is 0 Å². The van der Waals surface area contributed by atoms with Gasteiger partial charge in [-0.3, -0.25) is 14.2 Å². The number of rotatable bonds is 4. The number of aliphatic hydroxyl groups excluding tert-OH is 1. The van der Waals surface area contributed by atoms with E-state index in [1.165, 1.54) is 0 Å². The van der Waals surface area contributed by atoms with Gasteiger partial charge < -0.3 is 9.84 Å². The molecule has 31 heavy (non-hydrogen) atoms. The summed E-state index contributed by atoms with van der Waals surface area (Å²) in [5.41, 5.74) is 2.30. The van der Waals surface area contributed by atoms with Gasteiger partial charge in [0.05, 0.1) is 18.2 Å². The van der Waals surface area contributed by atoms with Crippen LogP contribution in [0.25, 0.3) is 22.5 Å². The fourth-order valence-corrected chi connectivity index (χ4v) is 4.26. The molecule has 1 aromatic heterocycles. The zero-order chi connectivity index (χ0) is 22.1. The number of carbonyl (C=O) groups excluding carboxylic acids is 1. The second-order valence-corrected chi connectivity index (χ2v) is 8.53. The molecular weight excluding hydrogens is 414 g/mol. The lowest BCUT2D eigenvalue weighted by Crippen LogP contribution is -2.31. The van der Waals surface area contributed by atoms with Crippen molar-refractivity contribution >= 4 is 34.4 Å². The Morgan fingerprint density at radius 3 is 2.42 bits per heavy atom. The van der Waals surface area contributed by atoms with E-state index in [4.69, 9.17) is 16.3 Å². The van der Waals surface area contributed by atoms with Crippen molar-refractivity contribution in [1.29, 1.82) is 0 Å². The van der Waals surface area contributed by atoms with Crippen molar-refractivity contribution in [3.8, 4) is 5.69 Å². The minimum absolute atomic E-state index is 0.00699. The third-order valence-corrected chi connectivity index (χ3v) is 5.74. The number of hydrogen-bond donors (Lipinski definition) is 1. The number of cyclic esters (lactones) is 1. The van der Waals surface area contributed by atoms with Gasteiger partial charge in [-0.1, -0.05) is 43.6 Å².